The van der Waals surface area contributed by atoms with Crippen LogP contribution in [0.15, 0.2) is 90.9 Å². The van der Waals surface area contributed by atoms with E-state index in [0.29, 0.717) is 30.2 Å². The van der Waals surface area contributed by atoms with E-state index >= 15 is 0 Å². The molecule has 4 aromatic rings. The first-order chi connectivity index (χ1) is 17.7. The van der Waals surface area contributed by atoms with E-state index in [-0.39, 0.29) is 5.57 Å². The monoisotopic (exact) mass is 476 g/mol. The summed E-state index contributed by atoms with van der Waals surface area (Å²) >= 11 is 0. The largest absolute Gasteiger partial charge is 0.378 e. The molecule has 0 radical (unpaired) electrons. The number of morpholine rings is 1. The van der Waals surface area contributed by atoms with Crippen molar-refractivity contribution in [3.8, 4) is 23.0 Å². The number of hydrogen-bond acceptors (Lipinski definition) is 6. The fourth-order valence-corrected chi connectivity index (χ4v) is 4.01. The maximum atomic E-state index is 13.0. The number of amides is 1. The van der Waals surface area contributed by atoms with Gasteiger partial charge < -0.3 is 15.0 Å². The van der Waals surface area contributed by atoms with Crippen LogP contribution in [0.3, 0.4) is 0 Å². The normalized spacial score (nSPS) is 13.8. The molecule has 1 amide bonds. The maximum Gasteiger partial charge on any atom is 0.266 e. The van der Waals surface area contributed by atoms with E-state index in [9.17, 15) is 10.1 Å². The Morgan fingerprint density at radius 2 is 1.78 bits per heavy atom. The number of carbonyl (C=O) groups is 1. The van der Waals surface area contributed by atoms with Gasteiger partial charge >= 0.3 is 0 Å². The molecule has 8 heteroatoms. The molecule has 0 spiro atoms. The number of nitriles is 1. The Morgan fingerprint density at radius 3 is 2.47 bits per heavy atom. The average molecular weight is 477 g/mol. The molecular formula is C28H24N6O2. The van der Waals surface area contributed by atoms with E-state index < -0.39 is 5.91 Å². The van der Waals surface area contributed by atoms with E-state index in [2.05, 4.69) is 15.2 Å². The van der Waals surface area contributed by atoms with Crippen LogP contribution in [-0.2, 0) is 9.53 Å². The fraction of sp³-hybridized carbons (Fsp3) is 0.143. The number of carbonyl (C=O) groups excluding carboxylic acids is 1. The predicted molar refractivity (Wildman–Crippen MR) is 138 cm³/mol. The van der Waals surface area contributed by atoms with Crippen LogP contribution >= 0.6 is 0 Å². The molecule has 3 heterocycles. The molecule has 0 unspecified atom stereocenters. The van der Waals surface area contributed by atoms with Gasteiger partial charge in [0.1, 0.15) is 17.3 Å². The van der Waals surface area contributed by atoms with Gasteiger partial charge in [0, 0.05) is 54.2 Å². The zero-order chi connectivity index (χ0) is 24.7. The number of benzene rings is 2. The van der Waals surface area contributed by atoms with E-state index in [4.69, 9.17) is 9.84 Å². The van der Waals surface area contributed by atoms with Crippen LogP contribution in [-0.4, -0.2) is 47.0 Å². The highest BCUT2D eigenvalue weighted by Gasteiger charge is 2.16. The van der Waals surface area contributed by atoms with Gasteiger partial charge in [-0.05, 0) is 54.6 Å². The fourth-order valence-electron chi connectivity index (χ4n) is 4.01. The molecule has 1 fully saturated rings. The van der Waals surface area contributed by atoms with Crippen LogP contribution in [0.4, 0.5) is 11.4 Å². The molecule has 36 heavy (non-hydrogen) atoms. The highest BCUT2D eigenvalue weighted by atomic mass is 16.5. The van der Waals surface area contributed by atoms with Crippen molar-refractivity contribution in [2.45, 2.75) is 0 Å². The number of para-hydroxylation sites is 1. The highest BCUT2D eigenvalue weighted by molar-refractivity contribution is 6.10. The van der Waals surface area contributed by atoms with Crippen molar-refractivity contribution in [2.75, 3.05) is 36.5 Å². The molecular weight excluding hydrogens is 452 g/mol. The van der Waals surface area contributed by atoms with Gasteiger partial charge in [0.05, 0.1) is 18.9 Å². The molecule has 1 aliphatic rings. The molecule has 5 rings (SSSR count). The van der Waals surface area contributed by atoms with Crippen LogP contribution < -0.4 is 10.2 Å². The summed E-state index contributed by atoms with van der Waals surface area (Å²) in [6.45, 7) is 3.08. The minimum absolute atomic E-state index is 0.0231. The number of aromatic nitrogens is 3. The SMILES string of the molecule is N#C/C(=C\c1cn(-c2ccccc2)nc1-c1cccnc1)C(=O)Nc1ccc(N2CCOCC2)cc1. The molecule has 0 saturated carbocycles. The van der Waals surface area contributed by atoms with Gasteiger partial charge in [-0.3, -0.25) is 9.78 Å². The molecule has 1 aliphatic heterocycles. The lowest BCUT2D eigenvalue weighted by Crippen LogP contribution is -2.36. The predicted octanol–water partition coefficient (Wildman–Crippen LogP) is 4.32. The van der Waals surface area contributed by atoms with Crippen molar-refractivity contribution < 1.29 is 9.53 Å². The molecule has 0 aliphatic carbocycles. The van der Waals surface area contributed by atoms with Crippen molar-refractivity contribution in [3.05, 3.63) is 96.5 Å². The van der Waals surface area contributed by atoms with Crippen molar-refractivity contribution in [2.24, 2.45) is 0 Å². The summed E-state index contributed by atoms with van der Waals surface area (Å²) in [5.41, 5.74) is 4.58. The molecule has 1 N–H and O–H groups in total. The Hall–Kier alpha value is -4.74. The Morgan fingerprint density at radius 1 is 1.00 bits per heavy atom. The topological polar surface area (TPSA) is 96.1 Å². The Labute approximate surface area is 209 Å². The second kappa shape index (κ2) is 10.7. The van der Waals surface area contributed by atoms with E-state index in [1.54, 1.807) is 29.3 Å². The zero-order valence-electron chi connectivity index (χ0n) is 19.5. The number of ether oxygens (including phenoxy) is 1. The quantitative estimate of drug-likeness (QED) is 0.329. The van der Waals surface area contributed by atoms with Gasteiger partial charge in [-0.25, -0.2) is 4.68 Å². The third-order valence-corrected chi connectivity index (χ3v) is 5.86. The lowest BCUT2D eigenvalue weighted by molar-refractivity contribution is -0.112. The van der Waals surface area contributed by atoms with Gasteiger partial charge in [-0.15, -0.1) is 0 Å². The van der Waals surface area contributed by atoms with Crippen LogP contribution in [0.2, 0.25) is 0 Å². The molecule has 2 aromatic heterocycles. The number of anilines is 2. The molecule has 178 valence electrons. The summed E-state index contributed by atoms with van der Waals surface area (Å²) < 4.78 is 7.13. The first-order valence-corrected chi connectivity index (χ1v) is 11.6. The summed E-state index contributed by atoms with van der Waals surface area (Å²) in [7, 11) is 0. The lowest BCUT2D eigenvalue weighted by atomic mass is 10.1. The lowest BCUT2D eigenvalue weighted by Gasteiger charge is -2.28. The van der Waals surface area contributed by atoms with Gasteiger partial charge in [0.25, 0.3) is 5.91 Å². The van der Waals surface area contributed by atoms with Gasteiger partial charge in [0.2, 0.25) is 0 Å². The van der Waals surface area contributed by atoms with Crippen LogP contribution in [0, 0.1) is 11.3 Å². The summed E-state index contributed by atoms with van der Waals surface area (Å²) in [5.74, 6) is -0.485. The summed E-state index contributed by atoms with van der Waals surface area (Å²) in [6.07, 6.45) is 6.76. The molecule has 0 bridgehead atoms. The Kier molecular flexibility index (Phi) is 6.83. The summed E-state index contributed by atoms with van der Waals surface area (Å²) in [5, 5.41) is 17.3. The Balaban J connectivity index is 1.41. The number of rotatable bonds is 6. The third-order valence-electron chi connectivity index (χ3n) is 5.86. The number of hydrogen-bond donors (Lipinski definition) is 1. The minimum atomic E-state index is -0.485. The molecule has 0 atom stereocenters. The average Bonchev–Trinajstić information content (AvgIpc) is 3.37. The van der Waals surface area contributed by atoms with E-state index in [0.717, 1.165) is 30.0 Å². The number of pyridine rings is 1. The summed E-state index contributed by atoms with van der Waals surface area (Å²) in [4.78, 5) is 19.4. The van der Waals surface area contributed by atoms with Crippen LogP contribution in [0.25, 0.3) is 23.0 Å². The minimum Gasteiger partial charge on any atom is -0.378 e. The van der Waals surface area contributed by atoms with Crippen molar-refractivity contribution in [1.82, 2.24) is 14.8 Å². The second-order valence-electron chi connectivity index (χ2n) is 8.23. The van der Waals surface area contributed by atoms with Crippen molar-refractivity contribution in [1.29, 1.82) is 5.26 Å². The second-order valence-corrected chi connectivity index (χ2v) is 8.23. The molecule has 8 nitrogen and oxygen atoms in total. The third kappa shape index (κ3) is 5.17. The van der Waals surface area contributed by atoms with Crippen molar-refractivity contribution >= 4 is 23.4 Å². The first-order valence-electron chi connectivity index (χ1n) is 11.6. The van der Waals surface area contributed by atoms with Gasteiger partial charge in [0.15, 0.2) is 0 Å². The first kappa shape index (κ1) is 23.0. The summed E-state index contributed by atoms with van der Waals surface area (Å²) in [6, 6.07) is 23.0. The van der Waals surface area contributed by atoms with E-state index in [1.807, 2.05) is 72.8 Å². The molecule has 1 saturated heterocycles. The zero-order valence-corrected chi connectivity index (χ0v) is 19.5. The Bertz CT molecular complexity index is 1400. The van der Waals surface area contributed by atoms with Crippen LogP contribution in [0.5, 0.6) is 0 Å². The smallest absolute Gasteiger partial charge is 0.266 e. The molecule has 2 aromatic carbocycles. The maximum absolute atomic E-state index is 13.0. The number of nitrogens with zero attached hydrogens (tertiary/aromatic N) is 5. The van der Waals surface area contributed by atoms with Crippen LogP contribution in [0.1, 0.15) is 5.56 Å². The number of nitrogens with one attached hydrogen (secondary N) is 1. The van der Waals surface area contributed by atoms with Gasteiger partial charge in [-0.2, -0.15) is 10.4 Å². The highest BCUT2D eigenvalue weighted by Crippen LogP contribution is 2.26. The van der Waals surface area contributed by atoms with Gasteiger partial charge in [-0.1, -0.05) is 18.2 Å². The van der Waals surface area contributed by atoms with Crippen molar-refractivity contribution in [3.63, 3.8) is 0 Å². The van der Waals surface area contributed by atoms with E-state index in [1.165, 1.54) is 0 Å². The standard InChI is InChI=1S/C28H24N6O2/c29-18-22(28(35)31-24-8-10-25(11-9-24)33-13-15-36-16-14-33)17-23-20-34(26-6-2-1-3-7-26)32-27(23)21-5-4-12-30-19-21/h1-12,17,19-20H,13-16H2,(H,31,35)/b22-17+.